The van der Waals surface area contributed by atoms with Crippen LogP contribution in [0.3, 0.4) is 0 Å². The molecule has 0 aliphatic heterocycles. The molecule has 1 aromatic heterocycles. The van der Waals surface area contributed by atoms with E-state index in [1.54, 1.807) is 12.1 Å². The second-order valence-corrected chi connectivity index (χ2v) is 5.79. The summed E-state index contributed by atoms with van der Waals surface area (Å²) >= 11 is 0. The summed E-state index contributed by atoms with van der Waals surface area (Å²) in [7, 11) is 1.95. The summed E-state index contributed by atoms with van der Waals surface area (Å²) in [4.78, 5) is 8.95. The molecular weight excluding hydrogens is 293 g/mol. The van der Waals surface area contributed by atoms with Gasteiger partial charge in [0.1, 0.15) is 11.6 Å². The van der Waals surface area contributed by atoms with Crippen molar-refractivity contribution in [3.05, 3.63) is 41.8 Å². The molecular formula is C17H22FN5. The van der Waals surface area contributed by atoms with E-state index in [0.29, 0.717) is 17.6 Å². The average molecular weight is 315 g/mol. The van der Waals surface area contributed by atoms with Gasteiger partial charge in [0.25, 0.3) is 0 Å². The maximum absolute atomic E-state index is 13.3. The number of benzene rings is 1. The van der Waals surface area contributed by atoms with Gasteiger partial charge < -0.3 is 16.0 Å². The van der Waals surface area contributed by atoms with E-state index >= 15 is 0 Å². The van der Waals surface area contributed by atoms with Gasteiger partial charge in [0, 0.05) is 24.0 Å². The van der Waals surface area contributed by atoms with Crippen molar-refractivity contribution in [3.8, 4) is 0 Å². The van der Waals surface area contributed by atoms with E-state index in [0.717, 1.165) is 25.3 Å². The summed E-state index contributed by atoms with van der Waals surface area (Å²) in [6, 6.07) is 6.30. The molecule has 1 heterocycles. The second kappa shape index (κ2) is 7.37. The fourth-order valence-corrected chi connectivity index (χ4v) is 2.45. The van der Waals surface area contributed by atoms with Crippen LogP contribution in [0, 0.1) is 5.82 Å². The first-order valence-corrected chi connectivity index (χ1v) is 8.04. The van der Waals surface area contributed by atoms with Gasteiger partial charge in [0.15, 0.2) is 0 Å². The van der Waals surface area contributed by atoms with E-state index in [9.17, 15) is 4.39 Å². The number of nitrogens with one attached hydrogen (secondary N) is 3. The van der Waals surface area contributed by atoms with Gasteiger partial charge in [-0.05, 0) is 57.0 Å². The lowest BCUT2D eigenvalue weighted by atomic mass is 10.2. The molecule has 6 heteroatoms. The van der Waals surface area contributed by atoms with Crippen molar-refractivity contribution < 1.29 is 4.39 Å². The minimum atomic E-state index is -0.282. The molecule has 1 fully saturated rings. The molecule has 0 spiro atoms. The highest BCUT2D eigenvalue weighted by Crippen LogP contribution is 2.42. The van der Waals surface area contributed by atoms with Gasteiger partial charge >= 0.3 is 0 Å². The number of hydrogen-bond donors (Lipinski definition) is 3. The Hall–Kier alpha value is -2.21. The number of aromatic nitrogens is 2. The summed E-state index contributed by atoms with van der Waals surface area (Å²) in [5, 5.41) is 9.59. The summed E-state index contributed by atoms with van der Waals surface area (Å²) in [6.07, 6.45) is 5.31. The maximum Gasteiger partial charge on any atom is 0.229 e. The highest BCUT2D eigenvalue weighted by atomic mass is 19.1. The monoisotopic (exact) mass is 315 g/mol. The summed E-state index contributed by atoms with van der Waals surface area (Å²) in [5.74, 6) is 1.66. The molecule has 0 amide bonds. The van der Waals surface area contributed by atoms with Crippen LogP contribution in [-0.2, 0) is 0 Å². The van der Waals surface area contributed by atoms with Gasteiger partial charge in [-0.3, -0.25) is 0 Å². The third-order valence-corrected chi connectivity index (χ3v) is 3.81. The van der Waals surface area contributed by atoms with Gasteiger partial charge in [-0.15, -0.1) is 0 Å². The van der Waals surface area contributed by atoms with Crippen molar-refractivity contribution >= 4 is 17.5 Å². The lowest BCUT2D eigenvalue weighted by Crippen LogP contribution is -2.14. The van der Waals surface area contributed by atoms with E-state index in [2.05, 4.69) is 25.9 Å². The normalized spacial score (nSPS) is 13.8. The van der Waals surface area contributed by atoms with Gasteiger partial charge in [-0.25, -0.2) is 9.37 Å². The Morgan fingerprint density at radius 2 is 2.13 bits per heavy atom. The highest BCUT2D eigenvalue weighted by molar-refractivity contribution is 5.57. The number of halogens is 1. The molecule has 3 N–H and O–H groups in total. The Kier molecular flexibility index (Phi) is 5.02. The molecule has 122 valence electrons. The molecule has 0 radical (unpaired) electrons. The van der Waals surface area contributed by atoms with Gasteiger partial charge in [-0.1, -0.05) is 6.07 Å². The lowest BCUT2D eigenvalue weighted by molar-refractivity contribution is 0.628. The lowest BCUT2D eigenvalue weighted by Gasteiger charge is -2.12. The molecule has 0 atom stereocenters. The third kappa shape index (κ3) is 4.39. The zero-order valence-corrected chi connectivity index (χ0v) is 13.3. The largest absolute Gasteiger partial charge is 0.370 e. The van der Waals surface area contributed by atoms with E-state index in [4.69, 9.17) is 0 Å². The zero-order valence-electron chi connectivity index (χ0n) is 13.3. The Bertz CT molecular complexity index is 657. The van der Waals surface area contributed by atoms with Crippen molar-refractivity contribution in [2.75, 3.05) is 30.8 Å². The van der Waals surface area contributed by atoms with E-state index in [1.165, 1.54) is 30.5 Å². The van der Waals surface area contributed by atoms with Crippen LogP contribution in [-0.4, -0.2) is 30.1 Å². The first kappa shape index (κ1) is 15.7. The summed E-state index contributed by atoms with van der Waals surface area (Å²) in [5.41, 5.74) is 1.82. The van der Waals surface area contributed by atoms with Crippen LogP contribution in [0.1, 0.15) is 30.7 Å². The van der Waals surface area contributed by atoms with Crippen LogP contribution < -0.4 is 16.0 Å². The molecule has 1 aliphatic rings. The first-order valence-electron chi connectivity index (χ1n) is 8.04. The van der Waals surface area contributed by atoms with Crippen LogP contribution in [0.25, 0.3) is 0 Å². The number of rotatable bonds is 8. The molecule has 1 saturated carbocycles. The predicted molar refractivity (Wildman–Crippen MR) is 90.7 cm³/mol. The van der Waals surface area contributed by atoms with Crippen LogP contribution in [0.5, 0.6) is 0 Å². The Morgan fingerprint density at radius 3 is 2.87 bits per heavy atom. The number of nitrogens with zero attached hydrogens (tertiary/aromatic N) is 2. The first-order chi connectivity index (χ1) is 11.3. The maximum atomic E-state index is 13.3. The SMILES string of the molecule is CNCCCNc1nc(Nc2cccc(F)c2)ncc1C1CC1. The Labute approximate surface area is 135 Å². The minimum Gasteiger partial charge on any atom is -0.370 e. The van der Waals surface area contributed by atoms with E-state index in [-0.39, 0.29) is 5.82 Å². The van der Waals surface area contributed by atoms with Crippen LogP contribution in [0.2, 0.25) is 0 Å². The Morgan fingerprint density at radius 1 is 1.26 bits per heavy atom. The quantitative estimate of drug-likeness (QED) is 0.653. The molecule has 1 aliphatic carbocycles. The fraction of sp³-hybridized carbons (Fsp3) is 0.412. The van der Waals surface area contributed by atoms with Crippen molar-refractivity contribution in [2.24, 2.45) is 0 Å². The third-order valence-electron chi connectivity index (χ3n) is 3.81. The standard InChI is InChI=1S/C17H22FN5/c1-19-8-3-9-20-16-15(12-6-7-12)11-21-17(23-16)22-14-5-2-4-13(18)10-14/h2,4-5,10-12,19H,3,6-9H2,1H3,(H2,20,21,22,23). The van der Waals surface area contributed by atoms with Crippen molar-refractivity contribution in [1.82, 2.24) is 15.3 Å². The zero-order chi connectivity index (χ0) is 16.1. The highest BCUT2D eigenvalue weighted by Gasteiger charge is 2.27. The van der Waals surface area contributed by atoms with Crippen LogP contribution >= 0.6 is 0 Å². The number of anilines is 3. The van der Waals surface area contributed by atoms with Crippen molar-refractivity contribution in [2.45, 2.75) is 25.2 Å². The van der Waals surface area contributed by atoms with Gasteiger partial charge in [0.2, 0.25) is 5.95 Å². The van der Waals surface area contributed by atoms with Crippen molar-refractivity contribution in [3.63, 3.8) is 0 Å². The predicted octanol–water partition coefficient (Wildman–Crippen LogP) is 3.26. The second-order valence-electron chi connectivity index (χ2n) is 5.79. The van der Waals surface area contributed by atoms with Crippen LogP contribution in [0.4, 0.5) is 21.8 Å². The Balaban J connectivity index is 1.73. The minimum absolute atomic E-state index is 0.282. The van der Waals surface area contributed by atoms with E-state index in [1.807, 2.05) is 13.2 Å². The fourth-order valence-electron chi connectivity index (χ4n) is 2.45. The molecule has 23 heavy (non-hydrogen) atoms. The molecule has 0 saturated heterocycles. The number of hydrogen-bond acceptors (Lipinski definition) is 5. The molecule has 0 unspecified atom stereocenters. The molecule has 0 bridgehead atoms. The van der Waals surface area contributed by atoms with Crippen LogP contribution in [0.15, 0.2) is 30.5 Å². The molecule has 1 aromatic carbocycles. The van der Waals surface area contributed by atoms with Crippen molar-refractivity contribution in [1.29, 1.82) is 0 Å². The average Bonchev–Trinajstić information content (AvgIpc) is 3.37. The van der Waals surface area contributed by atoms with Gasteiger partial charge in [-0.2, -0.15) is 4.98 Å². The summed E-state index contributed by atoms with van der Waals surface area (Å²) in [6.45, 7) is 1.82. The topological polar surface area (TPSA) is 61.9 Å². The molecule has 2 aromatic rings. The molecule has 5 nitrogen and oxygen atoms in total. The van der Waals surface area contributed by atoms with Gasteiger partial charge in [0.05, 0.1) is 0 Å². The molecule has 3 rings (SSSR count). The summed E-state index contributed by atoms with van der Waals surface area (Å²) < 4.78 is 13.3. The smallest absolute Gasteiger partial charge is 0.229 e. The van der Waals surface area contributed by atoms with E-state index < -0.39 is 0 Å².